The van der Waals surface area contributed by atoms with Gasteiger partial charge < -0.3 is 14.8 Å². The van der Waals surface area contributed by atoms with Gasteiger partial charge >= 0.3 is 0 Å². The molecule has 0 saturated carbocycles. The van der Waals surface area contributed by atoms with E-state index in [9.17, 15) is 4.79 Å². The van der Waals surface area contributed by atoms with E-state index in [0.717, 1.165) is 50.8 Å². The van der Waals surface area contributed by atoms with Crippen molar-refractivity contribution in [3.63, 3.8) is 0 Å². The number of amides is 1. The van der Waals surface area contributed by atoms with Crippen LogP contribution in [0.1, 0.15) is 26.5 Å². The van der Waals surface area contributed by atoms with Crippen LogP contribution in [0.5, 0.6) is 0 Å². The van der Waals surface area contributed by atoms with Crippen LogP contribution in [0.25, 0.3) is 0 Å². The number of ether oxygens (including phenoxy) is 2. The van der Waals surface area contributed by atoms with E-state index in [-0.39, 0.29) is 5.91 Å². The lowest BCUT2D eigenvalue weighted by Crippen LogP contribution is -2.52. The Balaban J connectivity index is 1.62. The van der Waals surface area contributed by atoms with Gasteiger partial charge in [0.1, 0.15) is 0 Å². The van der Waals surface area contributed by atoms with Crippen molar-refractivity contribution in [2.45, 2.75) is 26.3 Å². The number of hydrogen-bond donors (Lipinski definition) is 1. The Labute approximate surface area is 142 Å². The molecule has 1 N–H and O–H groups in total. The zero-order valence-corrected chi connectivity index (χ0v) is 14.8. The number of aryl methyl sites for hydroxylation is 2. The largest absolute Gasteiger partial charge is 0.381 e. The van der Waals surface area contributed by atoms with Crippen LogP contribution in [0.4, 0.5) is 0 Å². The second kappa shape index (κ2) is 7.75. The minimum atomic E-state index is 0.0448. The van der Waals surface area contributed by atoms with Crippen molar-refractivity contribution in [2.75, 3.05) is 46.1 Å². The van der Waals surface area contributed by atoms with Gasteiger partial charge in [0.25, 0.3) is 5.91 Å². The Morgan fingerprint density at radius 3 is 2.74 bits per heavy atom. The van der Waals surface area contributed by atoms with Crippen molar-refractivity contribution in [3.05, 3.63) is 21.4 Å². The van der Waals surface area contributed by atoms with Crippen LogP contribution in [-0.2, 0) is 9.47 Å². The first-order chi connectivity index (χ1) is 11.1. The lowest BCUT2D eigenvalue weighted by atomic mass is 9.97. The average Bonchev–Trinajstić information content (AvgIpc) is 3.19. The van der Waals surface area contributed by atoms with Crippen LogP contribution in [0.2, 0.25) is 0 Å². The number of thiophene rings is 1. The average molecular weight is 338 g/mol. The van der Waals surface area contributed by atoms with Gasteiger partial charge in [-0.1, -0.05) is 0 Å². The Morgan fingerprint density at radius 1 is 1.35 bits per heavy atom. The summed E-state index contributed by atoms with van der Waals surface area (Å²) in [5, 5.41) is 3.15. The fraction of sp³-hybridized carbons (Fsp3) is 0.706. The Bertz CT molecular complexity index is 514. The summed E-state index contributed by atoms with van der Waals surface area (Å²) >= 11 is 1.57. The van der Waals surface area contributed by atoms with Gasteiger partial charge in [-0.25, -0.2) is 0 Å². The molecule has 2 aliphatic heterocycles. The van der Waals surface area contributed by atoms with Gasteiger partial charge in [0.2, 0.25) is 0 Å². The second-order valence-electron chi connectivity index (χ2n) is 6.40. The molecular weight excluding hydrogens is 312 g/mol. The third kappa shape index (κ3) is 4.12. The number of morpholine rings is 1. The highest BCUT2D eigenvalue weighted by molar-refractivity contribution is 7.14. The summed E-state index contributed by atoms with van der Waals surface area (Å²) in [5.74, 6) is 0.545. The highest BCUT2D eigenvalue weighted by Gasteiger charge is 2.31. The van der Waals surface area contributed by atoms with Crippen molar-refractivity contribution in [1.82, 2.24) is 10.2 Å². The van der Waals surface area contributed by atoms with E-state index >= 15 is 0 Å². The SMILES string of the molecule is Cc1cc(C(=O)NC[C@@H]([C@@H]2CCOC2)N2CCOCC2)sc1C. The van der Waals surface area contributed by atoms with E-state index in [1.165, 1.54) is 10.4 Å². The molecule has 0 radical (unpaired) electrons. The Morgan fingerprint density at radius 2 is 2.13 bits per heavy atom. The normalized spacial score (nSPS) is 23.8. The maximum Gasteiger partial charge on any atom is 0.261 e. The third-order valence-electron chi connectivity index (χ3n) is 4.89. The van der Waals surface area contributed by atoms with E-state index in [1.807, 2.05) is 6.07 Å². The van der Waals surface area contributed by atoms with Crippen LogP contribution in [0.3, 0.4) is 0 Å². The first kappa shape index (κ1) is 16.9. The van der Waals surface area contributed by atoms with Crippen molar-refractivity contribution in [3.8, 4) is 0 Å². The zero-order chi connectivity index (χ0) is 16.2. The number of carbonyl (C=O) groups is 1. The molecule has 0 bridgehead atoms. The molecule has 0 aliphatic carbocycles. The number of hydrogen-bond acceptors (Lipinski definition) is 5. The molecule has 128 valence electrons. The molecule has 23 heavy (non-hydrogen) atoms. The quantitative estimate of drug-likeness (QED) is 0.890. The van der Waals surface area contributed by atoms with Crippen LogP contribution in [0.15, 0.2) is 6.07 Å². The monoisotopic (exact) mass is 338 g/mol. The summed E-state index contributed by atoms with van der Waals surface area (Å²) < 4.78 is 11.0. The van der Waals surface area contributed by atoms with Crippen molar-refractivity contribution >= 4 is 17.2 Å². The fourth-order valence-electron chi connectivity index (χ4n) is 3.33. The van der Waals surface area contributed by atoms with E-state index in [0.29, 0.717) is 18.5 Å². The van der Waals surface area contributed by atoms with Crippen molar-refractivity contribution in [1.29, 1.82) is 0 Å². The molecule has 2 fully saturated rings. The first-order valence-corrected chi connectivity index (χ1v) is 9.21. The standard InChI is InChI=1S/C17H26N2O3S/c1-12-9-16(23-13(12)2)17(20)18-10-15(14-3-6-22-11-14)19-4-7-21-8-5-19/h9,14-15H,3-8,10-11H2,1-2H3,(H,18,20)/t14-,15+/m1/s1. The first-order valence-electron chi connectivity index (χ1n) is 8.40. The van der Waals surface area contributed by atoms with Gasteiger partial charge in [0, 0.05) is 43.1 Å². The van der Waals surface area contributed by atoms with Crippen LogP contribution in [-0.4, -0.2) is 62.9 Å². The summed E-state index contributed by atoms with van der Waals surface area (Å²) in [6.07, 6.45) is 1.08. The molecule has 5 nitrogen and oxygen atoms in total. The van der Waals surface area contributed by atoms with Gasteiger partial charge in [0.05, 0.1) is 24.7 Å². The van der Waals surface area contributed by atoms with Gasteiger partial charge in [-0.3, -0.25) is 9.69 Å². The topological polar surface area (TPSA) is 50.8 Å². The molecule has 0 unspecified atom stereocenters. The van der Waals surface area contributed by atoms with Crippen molar-refractivity contribution < 1.29 is 14.3 Å². The number of nitrogens with one attached hydrogen (secondary N) is 1. The highest BCUT2D eigenvalue weighted by Crippen LogP contribution is 2.23. The summed E-state index contributed by atoms with van der Waals surface area (Å²) in [4.78, 5) is 16.9. The molecule has 0 spiro atoms. The van der Waals surface area contributed by atoms with Crippen LogP contribution < -0.4 is 5.32 Å². The zero-order valence-electron chi connectivity index (χ0n) is 14.0. The van der Waals surface area contributed by atoms with Gasteiger partial charge in [-0.05, 0) is 31.9 Å². The molecule has 2 atom stereocenters. The summed E-state index contributed by atoms with van der Waals surface area (Å²) in [7, 11) is 0. The molecule has 3 rings (SSSR count). The predicted octanol–water partition coefficient (Wildman–Crippen LogP) is 1.83. The molecule has 2 aliphatic rings. The highest BCUT2D eigenvalue weighted by atomic mass is 32.1. The molecule has 3 heterocycles. The summed E-state index contributed by atoms with van der Waals surface area (Å²) in [5.41, 5.74) is 1.19. The lowest BCUT2D eigenvalue weighted by molar-refractivity contribution is 0.00167. The van der Waals surface area contributed by atoms with Crippen LogP contribution >= 0.6 is 11.3 Å². The number of nitrogens with zero attached hydrogens (tertiary/aromatic N) is 1. The summed E-state index contributed by atoms with van der Waals surface area (Å²) in [6.45, 7) is 9.87. The van der Waals surface area contributed by atoms with Gasteiger partial charge in [-0.2, -0.15) is 0 Å². The maximum atomic E-state index is 12.4. The van der Waals surface area contributed by atoms with E-state index < -0.39 is 0 Å². The number of rotatable bonds is 5. The van der Waals surface area contributed by atoms with Gasteiger partial charge in [0.15, 0.2) is 0 Å². The molecule has 0 aromatic carbocycles. The smallest absolute Gasteiger partial charge is 0.261 e. The maximum absolute atomic E-state index is 12.4. The fourth-order valence-corrected chi connectivity index (χ4v) is 4.28. The predicted molar refractivity (Wildman–Crippen MR) is 91.2 cm³/mol. The molecule has 6 heteroatoms. The Kier molecular flexibility index (Phi) is 5.69. The molecule has 1 aromatic heterocycles. The van der Waals surface area contributed by atoms with E-state index in [1.54, 1.807) is 11.3 Å². The van der Waals surface area contributed by atoms with E-state index in [4.69, 9.17) is 9.47 Å². The third-order valence-corrected chi connectivity index (χ3v) is 6.04. The Hall–Kier alpha value is -0.950. The summed E-state index contributed by atoms with van der Waals surface area (Å²) in [6, 6.07) is 2.32. The minimum absolute atomic E-state index is 0.0448. The van der Waals surface area contributed by atoms with Crippen molar-refractivity contribution in [2.24, 2.45) is 5.92 Å². The van der Waals surface area contributed by atoms with Crippen LogP contribution in [0, 0.1) is 19.8 Å². The molecular formula is C17H26N2O3S. The molecule has 1 aromatic rings. The lowest BCUT2D eigenvalue weighted by Gasteiger charge is -2.37. The molecule has 1 amide bonds. The van der Waals surface area contributed by atoms with Gasteiger partial charge in [-0.15, -0.1) is 11.3 Å². The molecule has 2 saturated heterocycles. The van der Waals surface area contributed by atoms with E-state index in [2.05, 4.69) is 24.1 Å². The minimum Gasteiger partial charge on any atom is -0.381 e. The second-order valence-corrected chi connectivity index (χ2v) is 7.66. The number of carbonyl (C=O) groups excluding carboxylic acids is 1.